The zero-order valence-corrected chi connectivity index (χ0v) is 13.3. The predicted molar refractivity (Wildman–Crippen MR) is 90.1 cm³/mol. The molecule has 7 heteroatoms. The van der Waals surface area contributed by atoms with Crippen LogP contribution in [0.25, 0.3) is 0 Å². The first kappa shape index (κ1) is 15.4. The molecule has 6 nitrogen and oxygen atoms in total. The van der Waals surface area contributed by atoms with Gasteiger partial charge in [0.1, 0.15) is 0 Å². The van der Waals surface area contributed by atoms with E-state index in [-0.39, 0.29) is 17.6 Å². The van der Waals surface area contributed by atoms with Crippen molar-refractivity contribution >= 4 is 34.4 Å². The van der Waals surface area contributed by atoms with Gasteiger partial charge in [-0.2, -0.15) is 0 Å². The minimum absolute atomic E-state index is 0.218. The molecule has 2 amide bonds. The Balaban J connectivity index is 1.76. The van der Waals surface area contributed by atoms with E-state index in [1.807, 2.05) is 6.92 Å². The fourth-order valence-corrected chi connectivity index (χ4v) is 2.79. The van der Waals surface area contributed by atoms with Crippen molar-refractivity contribution in [2.45, 2.75) is 6.92 Å². The topological polar surface area (TPSA) is 83.7 Å². The second-order valence-corrected chi connectivity index (χ2v) is 6.03. The highest BCUT2D eigenvalue weighted by Crippen LogP contribution is 2.19. The summed E-state index contributed by atoms with van der Waals surface area (Å²) in [5.74, 6) is 0.502. The molecule has 0 saturated carbocycles. The van der Waals surface area contributed by atoms with Gasteiger partial charge in [0.25, 0.3) is 11.8 Å². The van der Waals surface area contributed by atoms with E-state index in [0.717, 1.165) is 17.9 Å². The van der Waals surface area contributed by atoms with Crippen molar-refractivity contribution in [2.75, 3.05) is 17.6 Å². The van der Waals surface area contributed by atoms with E-state index >= 15 is 0 Å². The number of anilines is 1. The van der Waals surface area contributed by atoms with Crippen LogP contribution in [0.4, 0.5) is 5.69 Å². The standard InChI is InChI=1S/C16H15N3O3S/c1-10-4-5-11(14(20)19-16-17-6-8-23-16)9-12(10)18-15(21)13-3-2-7-22-13/h2-5,7,9H,6,8H2,1H3,(H,18,21)(H,17,19,20). The maximum absolute atomic E-state index is 12.2. The van der Waals surface area contributed by atoms with Crippen molar-refractivity contribution in [3.05, 3.63) is 53.5 Å². The van der Waals surface area contributed by atoms with Crippen molar-refractivity contribution < 1.29 is 14.0 Å². The maximum Gasteiger partial charge on any atom is 0.291 e. The molecule has 118 valence electrons. The molecule has 0 fully saturated rings. The number of benzene rings is 1. The molecule has 0 bridgehead atoms. The van der Waals surface area contributed by atoms with Gasteiger partial charge in [0, 0.05) is 17.0 Å². The van der Waals surface area contributed by atoms with Gasteiger partial charge in [-0.05, 0) is 36.8 Å². The minimum atomic E-state index is -0.355. The third kappa shape index (κ3) is 3.62. The average Bonchev–Trinajstić information content (AvgIpc) is 3.22. The van der Waals surface area contributed by atoms with Crippen LogP contribution >= 0.6 is 11.8 Å². The number of aryl methyl sites for hydroxylation is 1. The highest BCUT2D eigenvalue weighted by Gasteiger charge is 2.15. The largest absolute Gasteiger partial charge is 0.459 e. The van der Waals surface area contributed by atoms with Crippen LogP contribution in [0.15, 0.2) is 46.0 Å². The Bertz CT molecular complexity index is 769. The molecular formula is C16H15N3O3S. The molecule has 3 rings (SSSR count). The van der Waals surface area contributed by atoms with E-state index in [1.165, 1.54) is 18.0 Å². The van der Waals surface area contributed by atoms with Gasteiger partial charge in [0.05, 0.1) is 12.8 Å². The van der Waals surface area contributed by atoms with E-state index in [4.69, 9.17) is 4.42 Å². The molecule has 0 unspecified atom stereocenters. The Morgan fingerprint density at radius 1 is 1.22 bits per heavy atom. The van der Waals surface area contributed by atoms with Crippen LogP contribution in [0.5, 0.6) is 0 Å². The molecule has 0 aliphatic carbocycles. The zero-order chi connectivity index (χ0) is 16.2. The third-order valence-electron chi connectivity index (χ3n) is 3.30. The zero-order valence-electron chi connectivity index (χ0n) is 12.5. The number of amidine groups is 1. The second-order valence-electron chi connectivity index (χ2n) is 4.95. The first-order valence-electron chi connectivity index (χ1n) is 7.07. The minimum Gasteiger partial charge on any atom is -0.459 e. The van der Waals surface area contributed by atoms with Gasteiger partial charge >= 0.3 is 0 Å². The fourth-order valence-electron chi connectivity index (χ4n) is 2.07. The Hall–Kier alpha value is -2.54. The van der Waals surface area contributed by atoms with E-state index in [1.54, 1.807) is 30.3 Å². The van der Waals surface area contributed by atoms with Gasteiger partial charge in [-0.25, -0.2) is 0 Å². The fraction of sp³-hybridized carbons (Fsp3) is 0.188. The quantitative estimate of drug-likeness (QED) is 0.907. The number of aliphatic imine (C=N–C) groups is 1. The van der Waals surface area contributed by atoms with E-state index in [9.17, 15) is 9.59 Å². The van der Waals surface area contributed by atoms with Gasteiger partial charge in [0.15, 0.2) is 10.9 Å². The molecular weight excluding hydrogens is 314 g/mol. The summed E-state index contributed by atoms with van der Waals surface area (Å²) in [6, 6.07) is 8.37. The Morgan fingerprint density at radius 3 is 2.78 bits per heavy atom. The number of carbonyl (C=O) groups is 2. The van der Waals surface area contributed by atoms with Crippen molar-refractivity contribution in [3.8, 4) is 0 Å². The number of carbonyl (C=O) groups excluding carboxylic acids is 2. The molecule has 23 heavy (non-hydrogen) atoms. The van der Waals surface area contributed by atoms with Crippen molar-refractivity contribution in [1.29, 1.82) is 0 Å². The average molecular weight is 329 g/mol. The van der Waals surface area contributed by atoms with Crippen LogP contribution < -0.4 is 10.6 Å². The number of hydrogen-bond acceptors (Lipinski definition) is 5. The summed E-state index contributed by atoms with van der Waals surface area (Å²) in [7, 11) is 0. The second kappa shape index (κ2) is 6.70. The molecule has 0 saturated heterocycles. The molecule has 0 spiro atoms. The summed E-state index contributed by atoms with van der Waals surface area (Å²) in [4.78, 5) is 28.5. The Labute approximate surface area is 137 Å². The number of thioether (sulfide) groups is 1. The number of furan rings is 1. The van der Waals surface area contributed by atoms with Crippen LogP contribution in [0.3, 0.4) is 0 Å². The van der Waals surface area contributed by atoms with Gasteiger partial charge in [-0.3, -0.25) is 14.6 Å². The first-order chi connectivity index (χ1) is 11.1. The lowest BCUT2D eigenvalue weighted by Crippen LogP contribution is -2.27. The lowest BCUT2D eigenvalue weighted by molar-refractivity contribution is 0.0973. The number of nitrogens with zero attached hydrogens (tertiary/aromatic N) is 1. The van der Waals surface area contributed by atoms with E-state index < -0.39 is 0 Å². The van der Waals surface area contributed by atoms with Crippen LogP contribution in [-0.4, -0.2) is 29.3 Å². The number of nitrogens with one attached hydrogen (secondary N) is 2. The van der Waals surface area contributed by atoms with Crippen molar-refractivity contribution in [2.24, 2.45) is 4.99 Å². The molecule has 1 aromatic heterocycles. The molecule has 2 N–H and O–H groups in total. The van der Waals surface area contributed by atoms with Crippen molar-refractivity contribution in [3.63, 3.8) is 0 Å². The Kier molecular flexibility index (Phi) is 4.47. The highest BCUT2D eigenvalue weighted by atomic mass is 32.2. The normalized spacial score (nSPS) is 13.5. The van der Waals surface area contributed by atoms with Crippen LogP contribution in [0, 0.1) is 6.92 Å². The summed E-state index contributed by atoms with van der Waals surface area (Å²) in [5, 5.41) is 6.15. The third-order valence-corrected chi connectivity index (χ3v) is 4.19. The number of hydrogen-bond donors (Lipinski definition) is 2. The van der Waals surface area contributed by atoms with Crippen LogP contribution in [0.1, 0.15) is 26.5 Å². The van der Waals surface area contributed by atoms with Gasteiger partial charge < -0.3 is 15.1 Å². The monoisotopic (exact) mass is 329 g/mol. The van der Waals surface area contributed by atoms with Gasteiger partial charge in [-0.1, -0.05) is 17.8 Å². The van der Waals surface area contributed by atoms with Crippen LogP contribution in [0.2, 0.25) is 0 Å². The first-order valence-corrected chi connectivity index (χ1v) is 8.06. The lowest BCUT2D eigenvalue weighted by Gasteiger charge is -2.10. The number of rotatable bonds is 3. The molecule has 2 heterocycles. The molecule has 0 atom stereocenters. The molecule has 2 aromatic rings. The molecule has 1 aliphatic heterocycles. The Morgan fingerprint density at radius 2 is 2.09 bits per heavy atom. The SMILES string of the molecule is Cc1ccc(C(=O)NC2=NCCS2)cc1NC(=O)c1ccco1. The van der Waals surface area contributed by atoms with E-state index in [0.29, 0.717) is 16.4 Å². The smallest absolute Gasteiger partial charge is 0.291 e. The summed E-state index contributed by atoms with van der Waals surface area (Å²) < 4.78 is 5.06. The summed E-state index contributed by atoms with van der Waals surface area (Å²) in [5.41, 5.74) is 1.88. The summed E-state index contributed by atoms with van der Waals surface area (Å²) in [6.45, 7) is 2.58. The van der Waals surface area contributed by atoms with Gasteiger partial charge in [-0.15, -0.1) is 0 Å². The number of amides is 2. The highest BCUT2D eigenvalue weighted by molar-refractivity contribution is 8.14. The van der Waals surface area contributed by atoms with Gasteiger partial charge in [0.2, 0.25) is 0 Å². The molecule has 1 aromatic carbocycles. The van der Waals surface area contributed by atoms with E-state index in [2.05, 4.69) is 15.6 Å². The van der Waals surface area contributed by atoms with Crippen molar-refractivity contribution in [1.82, 2.24) is 5.32 Å². The lowest BCUT2D eigenvalue weighted by atomic mass is 10.1. The maximum atomic E-state index is 12.2. The predicted octanol–water partition coefficient (Wildman–Crippen LogP) is 2.67. The summed E-state index contributed by atoms with van der Waals surface area (Å²) in [6.07, 6.45) is 1.44. The van der Waals surface area contributed by atoms with Crippen LogP contribution in [-0.2, 0) is 0 Å². The molecule has 1 aliphatic rings. The molecule has 0 radical (unpaired) electrons. The summed E-state index contributed by atoms with van der Waals surface area (Å²) >= 11 is 1.52.